The number of hydrogen-bond donors (Lipinski definition) is 1. The van der Waals surface area contributed by atoms with Crippen LogP contribution in [-0.4, -0.2) is 28.6 Å². The summed E-state index contributed by atoms with van der Waals surface area (Å²) in [5.74, 6) is -1.27. The molecule has 8 nitrogen and oxygen atoms in total. The van der Waals surface area contributed by atoms with Gasteiger partial charge in [-0.25, -0.2) is 4.79 Å². The van der Waals surface area contributed by atoms with Gasteiger partial charge in [0.25, 0.3) is 5.69 Å². The minimum absolute atomic E-state index is 0.0370. The van der Waals surface area contributed by atoms with Crippen LogP contribution >= 0.6 is 0 Å². The summed E-state index contributed by atoms with van der Waals surface area (Å²) in [6.45, 7) is -0.709. The average Bonchev–Trinajstić information content (AvgIpc) is 2.58. The Balaban J connectivity index is 2.18. The number of benzene rings is 2. The predicted octanol–water partition coefficient (Wildman–Crippen LogP) is 2.82. The largest absolute Gasteiger partial charge is 0.480 e. The van der Waals surface area contributed by atoms with Gasteiger partial charge in [0.2, 0.25) is 0 Å². The van der Waals surface area contributed by atoms with Crippen LogP contribution in [0.25, 0.3) is 0 Å². The average molecular weight is 330 g/mol. The van der Waals surface area contributed by atoms with Gasteiger partial charge in [-0.3, -0.25) is 19.8 Å². The van der Waals surface area contributed by atoms with Crippen LogP contribution in [0.1, 0.15) is 5.56 Å². The maximum Gasteiger partial charge on any atom is 0.415 e. The number of aliphatic carboxylic acids is 1. The van der Waals surface area contributed by atoms with Crippen LogP contribution in [0.5, 0.6) is 0 Å². The number of hydrogen-bond acceptors (Lipinski definition) is 5. The molecular formula is C16H14N2O6. The highest BCUT2D eigenvalue weighted by Gasteiger charge is 2.22. The van der Waals surface area contributed by atoms with Crippen LogP contribution in [0.4, 0.5) is 16.2 Å². The molecule has 2 rings (SSSR count). The van der Waals surface area contributed by atoms with Crippen molar-refractivity contribution in [1.82, 2.24) is 0 Å². The van der Waals surface area contributed by atoms with Crippen molar-refractivity contribution in [3.63, 3.8) is 0 Å². The van der Waals surface area contributed by atoms with Crippen molar-refractivity contribution in [2.75, 3.05) is 11.4 Å². The van der Waals surface area contributed by atoms with Crippen molar-refractivity contribution in [3.8, 4) is 0 Å². The first kappa shape index (κ1) is 16.9. The molecule has 0 radical (unpaired) electrons. The molecule has 0 aliphatic carbocycles. The molecule has 0 atom stereocenters. The van der Waals surface area contributed by atoms with E-state index in [1.807, 2.05) is 6.07 Å². The SMILES string of the molecule is O=C(O)CN(C(=O)OCc1ccccc1)c1cccc([N+](=O)[O-])c1. The molecule has 0 unspecified atom stereocenters. The number of amides is 1. The topological polar surface area (TPSA) is 110 Å². The lowest BCUT2D eigenvalue weighted by Gasteiger charge is -2.20. The fraction of sp³-hybridized carbons (Fsp3) is 0.125. The summed E-state index contributed by atoms with van der Waals surface area (Å²) in [5, 5.41) is 19.8. The zero-order chi connectivity index (χ0) is 17.5. The van der Waals surface area contributed by atoms with Crippen LogP contribution in [0.3, 0.4) is 0 Å². The van der Waals surface area contributed by atoms with Gasteiger partial charge in [-0.1, -0.05) is 36.4 Å². The van der Waals surface area contributed by atoms with Crippen LogP contribution in [0.15, 0.2) is 54.6 Å². The van der Waals surface area contributed by atoms with Gasteiger partial charge >= 0.3 is 12.1 Å². The number of carboxylic acid groups (broad SMARTS) is 1. The molecule has 124 valence electrons. The molecule has 2 aromatic rings. The highest BCUT2D eigenvalue weighted by Crippen LogP contribution is 2.22. The third kappa shape index (κ3) is 4.54. The summed E-state index contributed by atoms with van der Waals surface area (Å²) >= 11 is 0. The molecule has 0 saturated heterocycles. The highest BCUT2D eigenvalue weighted by atomic mass is 16.6. The second kappa shape index (κ2) is 7.73. The second-order valence-corrected chi connectivity index (χ2v) is 4.80. The van der Waals surface area contributed by atoms with Gasteiger partial charge in [0, 0.05) is 12.1 Å². The number of rotatable bonds is 6. The molecule has 0 aromatic heterocycles. The highest BCUT2D eigenvalue weighted by molar-refractivity contribution is 5.93. The molecule has 0 saturated carbocycles. The summed E-state index contributed by atoms with van der Waals surface area (Å²) in [4.78, 5) is 34.2. The van der Waals surface area contributed by atoms with E-state index in [1.54, 1.807) is 24.3 Å². The first-order valence-corrected chi connectivity index (χ1v) is 6.92. The Morgan fingerprint density at radius 2 is 1.83 bits per heavy atom. The fourth-order valence-electron chi connectivity index (χ4n) is 1.97. The van der Waals surface area contributed by atoms with Crippen LogP contribution in [0.2, 0.25) is 0 Å². The Kier molecular flexibility index (Phi) is 5.45. The normalized spacial score (nSPS) is 10.0. The van der Waals surface area contributed by atoms with Gasteiger partial charge in [0.1, 0.15) is 13.2 Å². The van der Waals surface area contributed by atoms with E-state index in [0.29, 0.717) is 0 Å². The molecule has 1 amide bonds. The maximum absolute atomic E-state index is 12.2. The van der Waals surface area contributed by atoms with Gasteiger partial charge < -0.3 is 9.84 Å². The molecule has 1 N–H and O–H groups in total. The lowest BCUT2D eigenvalue weighted by Crippen LogP contribution is -2.36. The number of carbonyl (C=O) groups is 2. The lowest BCUT2D eigenvalue weighted by molar-refractivity contribution is -0.384. The van der Waals surface area contributed by atoms with Gasteiger partial charge in [0.15, 0.2) is 0 Å². The van der Waals surface area contributed by atoms with Crippen molar-refractivity contribution in [2.45, 2.75) is 6.61 Å². The lowest BCUT2D eigenvalue weighted by atomic mass is 10.2. The minimum Gasteiger partial charge on any atom is -0.480 e. The number of non-ortho nitro benzene ring substituents is 1. The van der Waals surface area contributed by atoms with E-state index in [2.05, 4.69) is 0 Å². The van der Waals surface area contributed by atoms with E-state index in [0.717, 1.165) is 16.5 Å². The second-order valence-electron chi connectivity index (χ2n) is 4.80. The molecule has 0 aliphatic rings. The number of nitro groups is 1. The molecule has 24 heavy (non-hydrogen) atoms. The van der Waals surface area contributed by atoms with Gasteiger partial charge in [-0.2, -0.15) is 0 Å². The number of carboxylic acids is 1. The maximum atomic E-state index is 12.2. The number of ether oxygens (including phenoxy) is 1. The third-order valence-corrected chi connectivity index (χ3v) is 3.07. The van der Waals surface area contributed by atoms with Gasteiger partial charge in [-0.15, -0.1) is 0 Å². The first-order chi connectivity index (χ1) is 11.5. The van der Waals surface area contributed by atoms with Crippen LogP contribution < -0.4 is 4.90 Å². The quantitative estimate of drug-likeness (QED) is 0.644. The minimum atomic E-state index is -1.27. The number of nitro benzene ring substituents is 1. The third-order valence-electron chi connectivity index (χ3n) is 3.07. The van der Waals surface area contributed by atoms with E-state index >= 15 is 0 Å². The Bertz CT molecular complexity index is 747. The molecule has 0 spiro atoms. The smallest absolute Gasteiger partial charge is 0.415 e. The van der Waals surface area contributed by atoms with E-state index < -0.39 is 23.5 Å². The van der Waals surface area contributed by atoms with Crippen molar-refractivity contribution >= 4 is 23.4 Å². The van der Waals surface area contributed by atoms with Gasteiger partial charge in [-0.05, 0) is 11.6 Å². The molecule has 0 fully saturated rings. The predicted molar refractivity (Wildman–Crippen MR) is 84.7 cm³/mol. The van der Waals surface area contributed by atoms with E-state index in [-0.39, 0.29) is 18.0 Å². The summed E-state index contributed by atoms with van der Waals surface area (Å²) in [7, 11) is 0. The molecule has 0 bridgehead atoms. The van der Waals surface area contributed by atoms with Crippen molar-refractivity contribution in [3.05, 3.63) is 70.3 Å². The summed E-state index contributed by atoms with van der Waals surface area (Å²) in [6.07, 6.45) is -0.901. The zero-order valence-corrected chi connectivity index (χ0v) is 12.5. The Morgan fingerprint density at radius 1 is 1.12 bits per heavy atom. The van der Waals surface area contributed by atoms with Crippen molar-refractivity contribution in [2.24, 2.45) is 0 Å². The summed E-state index contributed by atoms with van der Waals surface area (Å²) < 4.78 is 5.10. The summed E-state index contributed by atoms with van der Waals surface area (Å²) in [6, 6.07) is 14.0. The zero-order valence-electron chi connectivity index (χ0n) is 12.5. The van der Waals surface area contributed by atoms with Gasteiger partial charge in [0.05, 0.1) is 10.6 Å². The number of carbonyl (C=O) groups excluding carboxylic acids is 1. The van der Waals surface area contributed by atoms with Crippen LogP contribution in [0, 0.1) is 10.1 Å². The van der Waals surface area contributed by atoms with E-state index in [1.165, 1.54) is 18.2 Å². The molecule has 0 heterocycles. The number of anilines is 1. The van der Waals surface area contributed by atoms with E-state index in [4.69, 9.17) is 9.84 Å². The standard InChI is InChI=1S/C16H14N2O6/c19-15(20)10-17(13-7-4-8-14(9-13)18(22)23)16(21)24-11-12-5-2-1-3-6-12/h1-9H,10-11H2,(H,19,20). The van der Waals surface area contributed by atoms with E-state index in [9.17, 15) is 19.7 Å². The van der Waals surface area contributed by atoms with Crippen LogP contribution in [-0.2, 0) is 16.1 Å². The Hall–Kier alpha value is -3.42. The Morgan fingerprint density at radius 3 is 2.46 bits per heavy atom. The first-order valence-electron chi connectivity index (χ1n) is 6.92. The van der Waals surface area contributed by atoms with Crippen molar-refractivity contribution < 1.29 is 24.4 Å². The number of nitrogens with zero attached hydrogens (tertiary/aromatic N) is 2. The summed E-state index contributed by atoms with van der Waals surface area (Å²) in [5.41, 5.74) is 0.559. The molecule has 0 aliphatic heterocycles. The Labute approximate surface area is 137 Å². The monoisotopic (exact) mass is 330 g/mol. The molecular weight excluding hydrogens is 316 g/mol. The molecule has 2 aromatic carbocycles. The molecule has 8 heteroatoms. The fourth-order valence-corrected chi connectivity index (χ4v) is 1.97. The van der Waals surface area contributed by atoms with Crippen molar-refractivity contribution in [1.29, 1.82) is 0 Å².